The van der Waals surface area contributed by atoms with E-state index in [4.69, 9.17) is 14.2 Å². The fraction of sp³-hybridized carbons (Fsp3) is 0.519. The van der Waals surface area contributed by atoms with Crippen LogP contribution in [0.15, 0.2) is 41.5 Å². The molecule has 0 radical (unpaired) electrons. The molecule has 0 atom stereocenters. The molecule has 1 aliphatic heterocycles. The molecule has 5 fully saturated rings. The number of aryl methyl sites for hydroxylation is 2. The topological polar surface area (TPSA) is 65.5 Å². The van der Waals surface area contributed by atoms with Crippen LogP contribution in [0.3, 0.4) is 0 Å². The standard InChI is InChI=1S/C27H30N2O4/c1-15-3-4-23(21(9-15)22-14-29(2)26(30)24-20(22)5-6-28-24)33-25-16-10-18-12-17(25)13-19(11-16)27(18)31-7-8-32-27/h3-6,9,14,16-19,25,28H,7-8,10-13H2,1-2H3. The van der Waals surface area contributed by atoms with Gasteiger partial charge in [0.2, 0.25) is 0 Å². The maximum absolute atomic E-state index is 12.6. The van der Waals surface area contributed by atoms with Crippen LogP contribution in [0, 0.1) is 30.6 Å². The van der Waals surface area contributed by atoms with Gasteiger partial charge in [0.05, 0.1) is 13.2 Å². The second-order valence-electron chi connectivity index (χ2n) is 10.6. The fourth-order valence-corrected chi connectivity index (χ4v) is 7.45. The summed E-state index contributed by atoms with van der Waals surface area (Å²) in [6, 6.07) is 8.42. The number of H-pyrrole nitrogens is 1. The van der Waals surface area contributed by atoms with Crippen LogP contribution in [-0.4, -0.2) is 34.7 Å². The van der Waals surface area contributed by atoms with Crippen molar-refractivity contribution >= 4 is 10.9 Å². The molecule has 1 spiro atoms. The minimum Gasteiger partial charge on any atom is -0.489 e. The molecule has 1 saturated heterocycles. The Morgan fingerprint density at radius 1 is 1.03 bits per heavy atom. The lowest BCUT2D eigenvalue weighted by atomic mass is 9.52. The van der Waals surface area contributed by atoms with Gasteiger partial charge in [0.25, 0.3) is 5.56 Å². The van der Waals surface area contributed by atoms with E-state index < -0.39 is 0 Å². The highest BCUT2D eigenvalue weighted by Gasteiger charge is 2.64. The summed E-state index contributed by atoms with van der Waals surface area (Å²) in [6.07, 6.45) is 8.51. The Balaban J connectivity index is 1.25. The van der Waals surface area contributed by atoms with E-state index in [9.17, 15) is 4.79 Å². The molecule has 6 nitrogen and oxygen atoms in total. The largest absolute Gasteiger partial charge is 0.489 e. The number of nitrogens with zero attached hydrogens (tertiary/aromatic N) is 1. The Morgan fingerprint density at radius 3 is 2.42 bits per heavy atom. The Morgan fingerprint density at radius 2 is 1.73 bits per heavy atom. The first-order valence-electron chi connectivity index (χ1n) is 12.3. The molecule has 3 heterocycles. The van der Waals surface area contributed by atoms with Crippen molar-refractivity contribution in [2.75, 3.05) is 13.2 Å². The lowest BCUT2D eigenvalue weighted by molar-refractivity contribution is -0.300. The third-order valence-corrected chi connectivity index (χ3v) is 8.74. The number of benzene rings is 1. The molecular formula is C27H30N2O4. The molecule has 1 N–H and O–H groups in total. The average Bonchev–Trinajstić information content (AvgIpc) is 3.47. The zero-order valence-corrected chi connectivity index (χ0v) is 19.2. The Bertz CT molecular complexity index is 1270. The number of rotatable bonds is 3. The lowest BCUT2D eigenvalue weighted by Crippen LogP contribution is -2.63. The highest BCUT2D eigenvalue weighted by Crippen LogP contribution is 2.61. The summed E-state index contributed by atoms with van der Waals surface area (Å²) in [7, 11) is 1.81. The maximum atomic E-state index is 12.6. The van der Waals surface area contributed by atoms with Crippen molar-refractivity contribution < 1.29 is 14.2 Å². The minimum atomic E-state index is -0.304. The SMILES string of the molecule is Cc1ccc(OC2C3CC4CC2CC(C3)C42OCCO2)c(-c2cn(C)c(=O)c3[nH]ccc23)c1. The summed E-state index contributed by atoms with van der Waals surface area (Å²) in [5.74, 6) is 2.72. The van der Waals surface area contributed by atoms with E-state index in [0.29, 0.717) is 29.2 Å². The van der Waals surface area contributed by atoms with Gasteiger partial charge in [0.1, 0.15) is 17.4 Å². The first kappa shape index (κ1) is 19.9. The van der Waals surface area contributed by atoms with Crippen molar-refractivity contribution in [1.82, 2.24) is 9.55 Å². The predicted molar refractivity (Wildman–Crippen MR) is 125 cm³/mol. The van der Waals surface area contributed by atoms with E-state index in [2.05, 4.69) is 30.1 Å². The fourth-order valence-electron chi connectivity index (χ4n) is 7.45. The molecule has 0 unspecified atom stereocenters. The first-order valence-corrected chi connectivity index (χ1v) is 12.3. The zero-order valence-electron chi connectivity index (χ0n) is 19.2. The van der Waals surface area contributed by atoms with Crippen molar-refractivity contribution in [3.05, 3.63) is 52.6 Å². The second-order valence-corrected chi connectivity index (χ2v) is 10.6. The third kappa shape index (κ3) is 2.77. The summed E-state index contributed by atoms with van der Waals surface area (Å²) in [5, 5.41) is 0.941. The smallest absolute Gasteiger partial charge is 0.274 e. The third-order valence-electron chi connectivity index (χ3n) is 8.74. The molecule has 8 rings (SSSR count). The van der Waals surface area contributed by atoms with Gasteiger partial charge in [-0.3, -0.25) is 4.79 Å². The number of hydrogen-bond acceptors (Lipinski definition) is 4. The first-order chi connectivity index (χ1) is 16.0. The molecule has 4 saturated carbocycles. The van der Waals surface area contributed by atoms with E-state index in [1.54, 1.807) is 4.57 Å². The molecule has 4 aliphatic carbocycles. The van der Waals surface area contributed by atoms with E-state index in [0.717, 1.165) is 61.2 Å². The number of nitrogens with one attached hydrogen (secondary N) is 1. The van der Waals surface area contributed by atoms with Crippen LogP contribution >= 0.6 is 0 Å². The molecule has 172 valence electrons. The van der Waals surface area contributed by atoms with Crippen molar-refractivity contribution in [2.24, 2.45) is 30.7 Å². The van der Waals surface area contributed by atoms with E-state index >= 15 is 0 Å². The molecule has 33 heavy (non-hydrogen) atoms. The molecule has 4 bridgehead atoms. The van der Waals surface area contributed by atoms with Crippen LogP contribution in [-0.2, 0) is 16.5 Å². The van der Waals surface area contributed by atoms with Crippen molar-refractivity contribution in [2.45, 2.75) is 44.5 Å². The number of aromatic amines is 1. The van der Waals surface area contributed by atoms with E-state index in [1.807, 2.05) is 25.5 Å². The normalized spacial score (nSPS) is 31.6. The van der Waals surface area contributed by atoms with Gasteiger partial charge in [0.15, 0.2) is 5.79 Å². The number of ether oxygens (including phenoxy) is 3. The van der Waals surface area contributed by atoms with Gasteiger partial charge in [-0.25, -0.2) is 0 Å². The molecule has 1 aromatic carbocycles. The van der Waals surface area contributed by atoms with Gasteiger partial charge in [-0.1, -0.05) is 11.6 Å². The van der Waals surface area contributed by atoms with Crippen molar-refractivity contribution in [1.29, 1.82) is 0 Å². The van der Waals surface area contributed by atoms with Gasteiger partial charge in [-0.2, -0.15) is 0 Å². The number of aromatic nitrogens is 2. The molecule has 3 aromatic rings. The molecule has 5 aliphatic rings. The summed E-state index contributed by atoms with van der Waals surface area (Å²) in [5.41, 5.74) is 3.89. The minimum absolute atomic E-state index is 0.0137. The van der Waals surface area contributed by atoms with Crippen LogP contribution in [0.1, 0.15) is 31.2 Å². The van der Waals surface area contributed by atoms with Crippen LogP contribution in [0.5, 0.6) is 5.75 Å². The quantitative estimate of drug-likeness (QED) is 0.648. The van der Waals surface area contributed by atoms with Crippen LogP contribution in [0.25, 0.3) is 22.0 Å². The van der Waals surface area contributed by atoms with Crippen molar-refractivity contribution in [3.63, 3.8) is 0 Å². The van der Waals surface area contributed by atoms with Crippen LogP contribution < -0.4 is 10.3 Å². The van der Waals surface area contributed by atoms with E-state index in [1.165, 1.54) is 5.56 Å². The Kier molecular flexibility index (Phi) is 4.19. The van der Waals surface area contributed by atoms with Gasteiger partial charge >= 0.3 is 0 Å². The second kappa shape index (κ2) is 6.97. The molecule has 0 amide bonds. The Labute approximate surface area is 192 Å². The highest BCUT2D eigenvalue weighted by molar-refractivity contribution is 5.95. The number of hydrogen-bond donors (Lipinski definition) is 1. The lowest BCUT2D eigenvalue weighted by Gasteiger charge is -2.60. The molecular weight excluding hydrogens is 416 g/mol. The summed E-state index contributed by atoms with van der Waals surface area (Å²) in [6.45, 7) is 3.58. The van der Waals surface area contributed by atoms with Gasteiger partial charge in [-0.15, -0.1) is 0 Å². The van der Waals surface area contributed by atoms with Crippen LogP contribution in [0.2, 0.25) is 0 Å². The van der Waals surface area contributed by atoms with Crippen molar-refractivity contribution in [3.8, 4) is 16.9 Å². The van der Waals surface area contributed by atoms with Gasteiger partial charge < -0.3 is 23.8 Å². The Hall–Kier alpha value is -2.57. The maximum Gasteiger partial charge on any atom is 0.274 e. The highest BCUT2D eigenvalue weighted by atomic mass is 16.7. The number of pyridine rings is 1. The average molecular weight is 447 g/mol. The molecule has 6 heteroatoms. The predicted octanol–water partition coefficient (Wildman–Crippen LogP) is 4.40. The zero-order chi connectivity index (χ0) is 22.3. The van der Waals surface area contributed by atoms with Crippen LogP contribution in [0.4, 0.5) is 0 Å². The number of fused-ring (bicyclic) bond motifs is 1. The molecule has 2 aromatic heterocycles. The van der Waals surface area contributed by atoms with E-state index in [-0.39, 0.29) is 17.5 Å². The summed E-state index contributed by atoms with van der Waals surface area (Å²) in [4.78, 5) is 15.7. The van der Waals surface area contributed by atoms with Gasteiger partial charge in [-0.05, 0) is 62.6 Å². The summed E-state index contributed by atoms with van der Waals surface area (Å²) >= 11 is 0. The summed E-state index contributed by atoms with van der Waals surface area (Å²) < 4.78 is 21.0. The van der Waals surface area contributed by atoms with Gasteiger partial charge in [0, 0.05) is 47.8 Å². The monoisotopic (exact) mass is 446 g/mol.